The standard InChI is InChI=1S/C31H38F3N9O2S/c1-21-3-4-24(37-29(44)22-15-23(31(32,33)34)17-25(16-22)42-9-7-40(2)8-10-42)18-27(21)43-20-26(38-39-43)28-19-36-30(46-28)35-5-6-41-11-13-45-14-12-41/h3-4,15-20,38-39H,5-14H2,1-2H3,(H,35,36)(H,37,44). The number of halogens is 3. The number of hydrazine groups is 2. The number of aromatic nitrogens is 1. The maximum absolute atomic E-state index is 13.8. The molecule has 0 bridgehead atoms. The van der Waals surface area contributed by atoms with Crippen molar-refractivity contribution in [1.29, 1.82) is 0 Å². The van der Waals surface area contributed by atoms with Gasteiger partial charge in [0, 0.05) is 81.7 Å². The van der Waals surface area contributed by atoms with Crippen molar-refractivity contribution >= 4 is 45.1 Å². The first-order valence-electron chi connectivity index (χ1n) is 15.2. The van der Waals surface area contributed by atoms with Crippen LogP contribution in [0.4, 0.5) is 35.4 Å². The molecule has 0 radical (unpaired) electrons. The van der Waals surface area contributed by atoms with Crippen LogP contribution >= 0.6 is 11.3 Å². The Labute approximate surface area is 269 Å². The number of rotatable bonds is 9. The highest BCUT2D eigenvalue weighted by atomic mass is 32.1. The van der Waals surface area contributed by atoms with Crippen LogP contribution in [0.15, 0.2) is 48.8 Å². The zero-order valence-electron chi connectivity index (χ0n) is 25.8. The zero-order valence-corrected chi connectivity index (χ0v) is 26.6. The molecule has 0 unspecified atom stereocenters. The van der Waals surface area contributed by atoms with Gasteiger partial charge >= 0.3 is 6.18 Å². The van der Waals surface area contributed by atoms with Gasteiger partial charge in [0.05, 0.1) is 35.0 Å². The lowest BCUT2D eigenvalue weighted by molar-refractivity contribution is -0.137. The molecule has 246 valence electrons. The van der Waals surface area contributed by atoms with Gasteiger partial charge in [-0.05, 0) is 49.9 Å². The van der Waals surface area contributed by atoms with Crippen LogP contribution in [0.3, 0.4) is 0 Å². The molecule has 11 nitrogen and oxygen atoms in total. The van der Waals surface area contributed by atoms with Crippen LogP contribution in [-0.2, 0) is 10.9 Å². The molecule has 1 aromatic heterocycles. The highest BCUT2D eigenvalue weighted by Gasteiger charge is 2.33. The summed E-state index contributed by atoms with van der Waals surface area (Å²) >= 11 is 1.54. The van der Waals surface area contributed by atoms with Gasteiger partial charge in [-0.15, -0.1) is 5.53 Å². The lowest BCUT2D eigenvalue weighted by Crippen LogP contribution is -2.44. The Morgan fingerprint density at radius 3 is 2.61 bits per heavy atom. The van der Waals surface area contributed by atoms with Crippen molar-refractivity contribution in [3.05, 3.63) is 70.4 Å². The molecular formula is C31H38F3N9O2S. The minimum atomic E-state index is -4.58. The number of likely N-dealkylation sites (N-methyl/N-ethyl adjacent to an activating group) is 1. The average Bonchev–Trinajstić information content (AvgIpc) is 3.73. The van der Waals surface area contributed by atoms with Gasteiger partial charge in [0.15, 0.2) is 5.13 Å². The van der Waals surface area contributed by atoms with Crippen LogP contribution in [0.2, 0.25) is 0 Å². The van der Waals surface area contributed by atoms with Crippen molar-refractivity contribution in [2.45, 2.75) is 13.1 Å². The van der Waals surface area contributed by atoms with Crippen LogP contribution in [0.5, 0.6) is 0 Å². The normalized spacial score (nSPS) is 18.0. The van der Waals surface area contributed by atoms with Crippen LogP contribution in [0, 0.1) is 6.92 Å². The maximum atomic E-state index is 13.8. The molecule has 2 saturated heterocycles. The smallest absolute Gasteiger partial charge is 0.379 e. The van der Waals surface area contributed by atoms with Gasteiger partial charge in [0.1, 0.15) is 0 Å². The van der Waals surface area contributed by atoms with E-state index in [1.807, 2.05) is 31.1 Å². The number of carbonyl (C=O) groups is 1. The zero-order chi connectivity index (χ0) is 32.3. The van der Waals surface area contributed by atoms with E-state index in [4.69, 9.17) is 4.74 Å². The highest BCUT2D eigenvalue weighted by Crippen LogP contribution is 2.34. The molecule has 4 N–H and O–H groups in total. The number of hydrogen-bond acceptors (Lipinski definition) is 11. The number of nitrogens with one attached hydrogen (secondary N) is 4. The van der Waals surface area contributed by atoms with E-state index in [1.165, 1.54) is 17.4 Å². The van der Waals surface area contributed by atoms with Crippen molar-refractivity contribution in [2.75, 3.05) is 93.2 Å². The fourth-order valence-electron chi connectivity index (χ4n) is 5.50. The van der Waals surface area contributed by atoms with E-state index >= 15 is 0 Å². The van der Waals surface area contributed by atoms with Gasteiger partial charge in [-0.3, -0.25) is 14.7 Å². The molecule has 3 aliphatic heterocycles. The molecule has 0 saturated carbocycles. The second-order valence-corrected chi connectivity index (χ2v) is 12.6. The number of hydrogen-bond donors (Lipinski definition) is 4. The molecule has 6 rings (SSSR count). The fourth-order valence-corrected chi connectivity index (χ4v) is 6.31. The van der Waals surface area contributed by atoms with E-state index in [2.05, 4.69) is 36.4 Å². The number of ether oxygens (including phenoxy) is 1. The van der Waals surface area contributed by atoms with Crippen LogP contribution < -0.4 is 31.5 Å². The number of carbonyl (C=O) groups excluding carboxylic acids is 1. The topological polar surface area (TPSA) is 100 Å². The summed E-state index contributed by atoms with van der Waals surface area (Å²) in [6.07, 6.45) is -0.875. The van der Waals surface area contributed by atoms with E-state index in [9.17, 15) is 18.0 Å². The number of amides is 1. The number of thiazole rings is 1. The van der Waals surface area contributed by atoms with Crippen LogP contribution in [0.25, 0.3) is 5.70 Å². The third kappa shape index (κ3) is 7.73. The van der Waals surface area contributed by atoms with Crippen molar-refractivity contribution in [2.24, 2.45) is 0 Å². The van der Waals surface area contributed by atoms with E-state index in [1.54, 1.807) is 23.3 Å². The Kier molecular flexibility index (Phi) is 9.65. The second-order valence-electron chi connectivity index (χ2n) is 11.6. The first-order valence-corrected chi connectivity index (χ1v) is 16.0. The molecule has 3 aliphatic rings. The number of nitrogens with zero attached hydrogens (tertiary/aromatic N) is 5. The van der Waals surface area contributed by atoms with Crippen molar-refractivity contribution < 1.29 is 22.7 Å². The van der Waals surface area contributed by atoms with Gasteiger partial charge in [0.2, 0.25) is 0 Å². The Balaban J connectivity index is 1.13. The predicted molar refractivity (Wildman–Crippen MR) is 175 cm³/mol. The second kappa shape index (κ2) is 13.8. The van der Waals surface area contributed by atoms with E-state index in [0.717, 1.165) is 91.6 Å². The van der Waals surface area contributed by atoms with Crippen molar-refractivity contribution in [1.82, 2.24) is 25.7 Å². The maximum Gasteiger partial charge on any atom is 0.416 e. The summed E-state index contributed by atoms with van der Waals surface area (Å²) in [6, 6.07) is 8.93. The first kappa shape index (κ1) is 32.1. The van der Waals surface area contributed by atoms with Crippen LogP contribution in [-0.4, -0.2) is 93.3 Å². The summed E-state index contributed by atoms with van der Waals surface area (Å²) in [4.78, 5) is 25.1. The van der Waals surface area contributed by atoms with Gasteiger partial charge in [-0.2, -0.15) is 13.2 Å². The Morgan fingerprint density at radius 2 is 1.85 bits per heavy atom. The van der Waals surface area contributed by atoms with Gasteiger partial charge in [-0.1, -0.05) is 17.4 Å². The summed E-state index contributed by atoms with van der Waals surface area (Å²) in [7, 11) is 1.98. The largest absolute Gasteiger partial charge is 0.416 e. The summed E-state index contributed by atoms with van der Waals surface area (Å²) in [5.41, 5.74) is 8.76. The van der Waals surface area contributed by atoms with Crippen molar-refractivity contribution in [3.8, 4) is 0 Å². The Hall–Kier alpha value is -3.89. The summed E-state index contributed by atoms with van der Waals surface area (Å²) < 4.78 is 46.9. The number of morpholine rings is 1. The molecule has 0 spiro atoms. The van der Waals surface area contributed by atoms with Crippen LogP contribution in [0.1, 0.15) is 26.4 Å². The van der Waals surface area contributed by atoms with E-state index < -0.39 is 17.6 Å². The molecule has 0 aliphatic carbocycles. The summed E-state index contributed by atoms with van der Waals surface area (Å²) in [5.74, 6) is -0.613. The average molecular weight is 658 g/mol. The highest BCUT2D eigenvalue weighted by molar-refractivity contribution is 7.16. The van der Waals surface area contributed by atoms with Gasteiger partial charge in [0.25, 0.3) is 5.91 Å². The molecule has 3 aromatic rings. The third-order valence-electron chi connectivity index (χ3n) is 8.25. The van der Waals surface area contributed by atoms with E-state index in [-0.39, 0.29) is 5.56 Å². The van der Waals surface area contributed by atoms with E-state index in [0.29, 0.717) is 24.5 Å². The molecule has 15 heteroatoms. The molecule has 2 aromatic carbocycles. The Bertz CT molecular complexity index is 1570. The molecular weight excluding hydrogens is 619 g/mol. The quantitative estimate of drug-likeness (QED) is 0.270. The molecule has 4 heterocycles. The first-order chi connectivity index (χ1) is 22.1. The Morgan fingerprint density at radius 1 is 1.07 bits per heavy atom. The predicted octanol–water partition coefficient (Wildman–Crippen LogP) is 4.05. The van der Waals surface area contributed by atoms with Gasteiger partial charge < -0.3 is 30.6 Å². The summed E-state index contributed by atoms with van der Waals surface area (Å²) in [5, 5.41) is 8.81. The number of alkyl halides is 3. The lowest BCUT2D eigenvalue weighted by Gasteiger charge is -2.34. The molecule has 46 heavy (non-hydrogen) atoms. The SMILES string of the molecule is Cc1ccc(NC(=O)c2cc(N3CCN(C)CC3)cc(C(F)(F)F)c2)cc1N1C=C(c2cnc(NCCN3CCOCC3)s2)NN1. The monoisotopic (exact) mass is 657 g/mol. The fraction of sp³-hybridized carbons (Fsp3) is 0.419. The number of piperazine rings is 1. The molecule has 0 atom stereocenters. The van der Waals surface area contributed by atoms with Crippen molar-refractivity contribution in [3.63, 3.8) is 0 Å². The number of benzene rings is 2. The molecule has 1 amide bonds. The molecule has 2 fully saturated rings. The van der Waals surface area contributed by atoms with Gasteiger partial charge in [-0.25, -0.2) is 4.98 Å². The minimum absolute atomic E-state index is 0.0476. The lowest BCUT2D eigenvalue weighted by atomic mass is 10.1. The summed E-state index contributed by atoms with van der Waals surface area (Å²) in [6.45, 7) is 9.71. The third-order valence-corrected chi connectivity index (χ3v) is 9.24. The number of anilines is 4. The number of aryl methyl sites for hydroxylation is 1. The minimum Gasteiger partial charge on any atom is -0.379 e.